The molecule has 0 saturated heterocycles. The van der Waals surface area contributed by atoms with Gasteiger partial charge in [0, 0.05) is 6.07 Å². The van der Waals surface area contributed by atoms with Crippen molar-refractivity contribution in [2.45, 2.75) is 26.3 Å². The van der Waals surface area contributed by atoms with Crippen molar-refractivity contribution in [3.05, 3.63) is 65.0 Å². The normalized spacial score (nSPS) is 12.1. The van der Waals surface area contributed by atoms with Crippen LogP contribution in [0.5, 0.6) is 5.75 Å². The van der Waals surface area contributed by atoms with Crippen LogP contribution in [0.15, 0.2) is 64.0 Å². The van der Waals surface area contributed by atoms with E-state index in [9.17, 15) is 14.7 Å². The van der Waals surface area contributed by atoms with Gasteiger partial charge in [0.25, 0.3) is 5.91 Å². The first-order chi connectivity index (χ1) is 14.0. The van der Waals surface area contributed by atoms with Crippen molar-refractivity contribution in [3.8, 4) is 16.9 Å². The van der Waals surface area contributed by atoms with Crippen molar-refractivity contribution in [3.63, 3.8) is 0 Å². The zero-order valence-corrected chi connectivity index (χ0v) is 16.6. The van der Waals surface area contributed by atoms with Crippen LogP contribution in [0, 0.1) is 5.92 Å². The predicted molar refractivity (Wildman–Crippen MR) is 112 cm³/mol. The number of hydrogen-bond donors (Lipinski definition) is 2. The highest BCUT2D eigenvalue weighted by Crippen LogP contribution is 2.23. The summed E-state index contributed by atoms with van der Waals surface area (Å²) >= 11 is 0. The number of amides is 1. The second kappa shape index (κ2) is 9.39. The molecule has 0 spiro atoms. The second-order valence-electron chi connectivity index (χ2n) is 7.37. The third-order valence-electron chi connectivity index (χ3n) is 4.54. The van der Waals surface area contributed by atoms with Gasteiger partial charge in [-0.25, -0.2) is 0 Å². The van der Waals surface area contributed by atoms with E-state index in [1.165, 1.54) is 6.26 Å². The zero-order valence-electron chi connectivity index (χ0n) is 16.6. The lowest BCUT2D eigenvalue weighted by Gasteiger charge is -2.18. The number of nitrogens with one attached hydrogen (secondary N) is 1. The molecule has 3 rings (SSSR count). The number of aliphatic hydroxyl groups is 1. The summed E-state index contributed by atoms with van der Waals surface area (Å²) < 4.78 is 11.2. The number of hydrogen-bond acceptors (Lipinski definition) is 5. The van der Waals surface area contributed by atoms with Gasteiger partial charge in [0.05, 0.1) is 23.6 Å². The molecule has 1 amide bonds. The van der Waals surface area contributed by atoms with Crippen LogP contribution in [0.4, 0.5) is 0 Å². The van der Waals surface area contributed by atoms with Gasteiger partial charge in [-0.15, -0.1) is 0 Å². The molecule has 6 nitrogen and oxygen atoms in total. The summed E-state index contributed by atoms with van der Waals surface area (Å²) in [7, 11) is 0. The molecule has 29 heavy (non-hydrogen) atoms. The van der Waals surface area contributed by atoms with Crippen molar-refractivity contribution >= 4 is 16.9 Å². The summed E-state index contributed by atoms with van der Waals surface area (Å²) in [4.78, 5) is 24.8. The Labute approximate surface area is 169 Å². The van der Waals surface area contributed by atoms with E-state index in [4.69, 9.17) is 9.15 Å². The standard InChI is InChI=1S/C23H25NO5/c1-15(2)10-17(12-25)24-22(26)14-28-18-8-9-19-21(11-18)29-13-20(23(19)27)16-6-4-3-5-7-16/h3-9,11,13,15,17,25H,10,12,14H2,1-2H3,(H,24,26)/t17-/m0/s1. The van der Waals surface area contributed by atoms with Crippen LogP contribution in [0.25, 0.3) is 22.1 Å². The molecule has 2 N–H and O–H groups in total. The Balaban J connectivity index is 1.70. The molecule has 152 valence electrons. The lowest BCUT2D eigenvalue weighted by Crippen LogP contribution is -2.40. The largest absolute Gasteiger partial charge is 0.484 e. The van der Waals surface area contributed by atoms with E-state index in [1.807, 2.05) is 44.2 Å². The summed E-state index contributed by atoms with van der Waals surface area (Å²) in [5.74, 6) is 0.468. The Morgan fingerprint density at radius 2 is 1.93 bits per heavy atom. The maximum Gasteiger partial charge on any atom is 0.258 e. The highest BCUT2D eigenvalue weighted by atomic mass is 16.5. The Bertz CT molecular complexity index is 1030. The molecular formula is C23H25NO5. The molecule has 0 saturated carbocycles. The molecule has 1 aromatic heterocycles. The van der Waals surface area contributed by atoms with Crippen molar-refractivity contribution in [1.29, 1.82) is 0 Å². The number of carbonyl (C=O) groups excluding carboxylic acids is 1. The minimum atomic E-state index is -0.314. The van der Waals surface area contributed by atoms with Crippen molar-refractivity contribution in [2.75, 3.05) is 13.2 Å². The average Bonchev–Trinajstić information content (AvgIpc) is 2.72. The minimum Gasteiger partial charge on any atom is -0.484 e. The van der Waals surface area contributed by atoms with E-state index in [0.717, 1.165) is 5.56 Å². The minimum absolute atomic E-state index is 0.116. The SMILES string of the molecule is CC(C)C[C@@H](CO)NC(=O)COc1ccc2c(=O)c(-c3ccccc3)coc2c1. The smallest absolute Gasteiger partial charge is 0.258 e. The van der Waals surface area contributed by atoms with Crippen molar-refractivity contribution in [2.24, 2.45) is 5.92 Å². The lowest BCUT2D eigenvalue weighted by atomic mass is 10.0. The van der Waals surface area contributed by atoms with Gasteiger partial charge in [-0.3, -0.25) is 9.59 Å². The molecule has 0 aliphatic carbocycles. The summed E-state index contributed by atoms with van der Waals surface area (Å²) in [5.41, 5.74) is 1.55. The summed E-state index contributed by atoms with van der Waals surface area (Å²) in [5, 5.41) is 12.6. The molecule has 1 atom stereocenters. The molecule has 0 unspecified atom stereocenters. The summed E-state index contributed by atoms with van der Waals surface area (Å²) in [6, 6.07) is 13.9. The van der Waals surface area contributed by atoms with E-state index in [1.54, 1.807) is 18.2 Å². The lowest BCUT2D eigenvalue weighted by molar-refractivity contribution is -0.124. The van der Waals surface area contributed by atoms with E-state index in [2.05, 4.69) is 5.32 Å². The van der Waals surface area contributed by atoms with E-state index in [-0.39, 0.29) is 30.6 Å². The van der Waals surface area contributed by atoms with Crippen LogP contribution in [0.1, 0.15) is 20.3 Å². The van der Waals surface area contributed by atoms with Crippen LogP contribution < -0.4 is 15.5 Å². The van der Waals surface area contributed by atoms with E-state index >= 15 is 0 Å². The third-order valence-corrected chi connectivity index (χ3v) is 4.54. The van der Waals surface area contributed by atoms with E-state index in [0.29, 0.717) is 34.6 Å². The first kappa shape index (κ1) is 20.6. The van der Waals surface area contributed by atoms with Gasteiger partial charge >= 0.3 is 0 Å². The molecule has 0 aliphatic rings. The van der Waals surface area contributed by atoms with Gasteiger partial charge < -0.3 is 19.6 Å². The first-order valence-corrected chi connectivity index (χ1v) is 9.62. The molecule has 3 aromatic rings. The van der Waals surface area contributed by atoms with Gasteiger partial charge in [0.2, 0.25) is 0 Å². The fourth-order valence-electron chi connectivity index (χ4n) is 3.18. The quantitative estimate of drug-likeness (QED) is 0.611. The zero-order chi connectivity index (χ0) is 20.8. The van der Waals surface area contributed by atoms with Gasteiger partial charge in [0.1, 0.15) is 17.6 Å². The first-order valence-electron chi connectivity index (χ1n) is 9.62. The highest BCUT2D eigenvalue weighted by molar-refractivity contribution is 5.83. The summed E-state index contributed by atoms with van der Waals surface area (Å²) in [6.07, 6.45) is 2.13. The average molecular weight is 395 g/mol. The van der Waals surface area contributed by atoms with Crippen LogP contribution in [-0.2, 0) is 4.79 Å². The third kappa shape index (κ3) is 5.23. The fraction of sp³-hybridized carbons (Fsp3) is 0.304. The van der Waals surface area contributed by atoms with Crippen molar-refractivity contribution < 1.29 is 19.1 Å². The molecule has 6 heteroatoms. The van der Waals surface area contributed by atoms with Crippen LogP contribution in [0.3, 0.4) is 0 Å². The topological polar surface area (TPSA) is 88.8 Å². The van der Waals surface area contributed by atoms with Crippen LogP contribution in [-0.4, -0.2) is 30.3 Å². The Morgan fingerprint density at radius 1 is 1.17 bits per heavy atom. The molecular weight excluding hydrogens is 370 g/mol. The number of ether oxygens (including phenoxy) is 1. The van der Waals surface area contributed by atoms with Gasteiger partial charge in [-0.2, -0.15) is 0 Å². The number of fused-ring (bicyclic) bond motifs is 1. The molecule has 1 heterocycles. The fourth-order valence-corrected chi connectivity index (χ4v) is 3.18. The molecule has 2 aromatic carbocycles. The number of rotatable bonds is 8. The van der Waals surface area contributed by atoms with Gasteiger partial charge in [0.15, 0.2) is 12.0 Å². The van der Waals surface area contributed by atoms with Crippen LogP contribution in [0.2, 0.25) is 0 Å². The van der Waals surface area contributed by atoms with Crippen molar-refractivity contribution in [1.82, 2.24) is 5.32 Å². The molecule has 0 fully saturated rings. The Hall–Kier alpha value is -3.12. The number of carbonyl (C=O) groups is 1. The Morgan fingerprint density at radius 3 is 2.62 bits per heavy atom. The van der Waals surface area contributed by atoms with Crippen LogP contribution >= 0.6 is 0 Å². The Kier molecular flexibility index (Phi) is 6.67. The highest BCUT2D eigenvalue weighted by Gasteiger charge is 2.14. The maximum atomic E-state index is 12.8. The number of benzene rings is 2. The monoisotopic (exact) mass is 395 g/mol. The molecule has 0 radical (unpaired) electrons. The number of aliphatic hydroxyl groups excluding tert-OH is 1. The van der Waals surface area contributed by atoms with E-state index < -0.39 is 0 Å². The maximum absolute atomic E-state index is 12.8. The predicted octanol–water partition coefficient (Wildman–Crippen LogP) is 3.36. The van der Waals surface area contributed by atoms with Gasteiger partial charge in [-0.05, 0) is 30.0 Å². The summed E-state index contributed by atoms with van der Waals surface area (Å²) in [6.45, 7) is 3.75. The molecule has 0 bridgehead atoms. The second-order valence-corrected chi connectivity index (χ2v) is 7.37. The van der Waals surface area contributed by atoms with Gasteiger partial charge in [-0.1, -0.05) is 44.2 Å². The molecule has 0 aliphatic heterocycles.